The van der Waals surface area contributed by atoms with Crippen molar-refractivity contribution in [1.29, 1.82) is 0 Å². The molecule has 0 N–H and O–H groups in total. The molecule has 12 aromatic rings. The number of fused-ring (bicyclic) bond motifs is 6. The smallest absolute Gasteiger partial charge is 0.179 e. The fraction of sp³-hybridized carbons (Fsp3) is 0. The molecule has 63 heavy (non-hydrogen) atoms. The van der Waals surface area contributed by atoms with Gasteiger partial charge in [0.25, 0.3) is 0 Å². The van der Waals surface area contributed by atoms with E-state index in [1.54, 1.807) is 0 Å². The molecule has 5 nitrogen and oxygen atoms in total. The van der Waals surface area contributed by atoms with Gasteiger partial charge in [0.05, 0.1) is 16.6 Å². The summed E-state index contributed by atoms with van der Waals surface area (Å²) in [5.41, 5.74) is 7.58. The fourth-order valence-corrected chi connectivity index (χ4v) is 14.4. The first-order chi connectivity index (χ1) is 31.2. The molecule has 6 heteroatoms. The maximum Gasteiger partial charge on any atom is 0.179 e. The van der Waals surface area contributed by atoms with Crippen molar-refractivity contribution < 1.29 is 4.42 Å². The summed E-state index contributed by atoms with van der Waals surface area (Å²) in [6.07, 6.45) is 0. The number of furan rings is 1. The monoisotopic (exact) mass is 822 g/mol. The molecule has 0 bridgehead atoms. The molecule has 0 spiro atoms. The zero-order valence-electron chi connectivity index (χ0n) is 34.1. The standard InChI is InChI=1S/C57H38N4OSi/c1-4-19-42(20-5-1)63(43-21-6-2-7-22-43,44-23-8-3-9-24-44)45-25-16-18-40(38-45)56-58-55(59-57(60-56)50-30-17-29-49-48-28-12-15-33-53(48)62-54(49)50)39-34-36-41(37-35-39)61-51-31-13-10-26-46(51)47-27-11-14-32-52(47)61/h1-38H. The average Bonchev–Trinajstić information content (AvgIpc) is 3.92. The summed E-state index contributed by atoms with van der Waals surface area (Å²) in [7, 11) is -2.84. The minimum atomic E-state index is -2.84. The molecule has 9 aromatic carbocycles. The summed E-state index contributed by atoms with van der Waals surface area (Å²) in [5, 5.41) is 9.68. The van der Waals surface area contributed by atoms with Crippen LogP contribution in [-0.2, 0) is 0 Å². The van der Waals surface area contributed by atoms with E-state index in [1.807, 2.05) is 24.3 Å². The van der Waals surface area contributed by atoms with Crippen molar-refractivity contribution in [3.05, 3.63) is 231 Å². The van der Waals surface area contributed by atoms with E-state index in [-0.39, 0.29) is 0 Å². The van der Waals surface area contributed by atoms with E-state index >= 15 is 0 Å². The van der Waals surface area contributed by atoms with Crippen LogP contribution in [0.1, 0.15) is 0 Å². The molecule has 0 saturated heterocycles. The highest BCUT2D eigenvalue weighted by Crippen LogP contribution is 2.36. The Bertz CT molecular complexity index is 3470. The van der Waals surface area contributed by atoms with Crippen LogP contribution in [0, 0.1) is 0 Å². The molecule has 296 valence electrons. The van der Waals surface area contributed by atoms with Gasteiger partial charge in [0.2, 0.25) is 0 Å². The van der Waals surface area contributed by atoms with Gasteiger partial charge in [0.1, 0.15) is 11.2 Å². The predicted octanol–water partition coefficient (Wildman–Crippen LogP) is 11.2. The summed E-state index contributed by atoms with van der Waals surface area (Å²) in [5.74, 6) is 1.72. The number of nitrogens with zero attached hydrogens (tertiary/aromatic N) is 4. The van der Waals surface area contributed by atoms with Crippen LogP contribution in [0.15, 0.2) is 235 Å². The van der Waals surface area contributed by atoms with Gasteiger partial charge in [-0.15, -0.1) is 0 Å². The lowest BCUT2D eigenvalue weighted by Crippen LogP contribution is -2.74. The molecule has 0 aliphatic heterocycles. The van der Waals surface area contributed by atoms with Crippen molar-refractivity contribution in [2.75, 3.05) is 0 Å². The minimum absolute atomic E-state index is 0.550. The van der Waals surface area contributed by atoms with E-state index in [1.165, 1.54) is 31.5 Å². The summed E-state index contributed by atoms with van der Waals surface area (Å²) in [6, 6.07) is 81.9. The first-order valence-electron chi connectivity index (χ1n) is 21.3. The Morgan fingerprint density at radius 3 is 1.44 bits per heavy atom. The number of aromatic nitrogens is 4. The highest BCUT2D eigenvalue weighted by atomic mass is 28.3. The Labute approximate surface area is 365 Å². The van der Waals surface area contributed by atoms with Crippen molar-refractivity contribution in [3.63, 3.8) is 0 Å². The van der Waals surface area contributed by atoms with Gasteiger partial charge >= 0.3 is 0 Å². The quantitative estimate of drug-likeness (QED) is 0.113. The van der Waals surface area contributed by atoms with Gasteiger partial charge in [0, 0.05) is 38.4 Å². The third-order valence-electron chi connectivity index (χ3n) is 12.4. The van der Waals surface area contributed by atoms with Crippen LogP contribution in [0.3, 0.4) is 0 Å². The summed E-state index contributed by atoms with van der Waals surface area (Å²) in [4.78, 5) is 15.9. The lowest BCUT2D eigenvalue weighted by atomic mass is 10.1. The highest BCUT2D eigenvalue weighted by Gasteiger charge is 2.41. The van der Waals surface area contributed by atoms with Gasteiger partial charge in [-0.05, 0) is 69.3 Å². The van der Waals surface area contributed by atoms with Crippen LogP contribution < -0.4 is 20.7 Å². The van der Waals surface area contributed by atoms with E-state index in [4.69, 9.17) is 19.4 Å². The summed E-state index contributed by atoms with van der Waals surface area (Å²) in [6.45, 7) is 0. The van der Waals surface area contributed by atoms with Gasteiger partial charge in [-0.1, -0.05) is 182 Å². The number of hydrogen-bond donors (Lipinski definition) is 0. The second-order valence-corrected chi connectivity index (χ2v) is 19.7. The topological polar surface area (TPSA) is 56.7 Å². The third kappa shape index (κ3) is 6.03. The van der Waals surface area contributed by atoms with Gasteiger partial charge < -0.3 is 8.98 Å². The Kier molecular flexibility index (Phi) is 8.76. The lowest BCUT2D eigenvalue weighted by molar-refractivity contribution is 0.669. The number of rotatable bonds is 8. The van der Waals surface area contributed by atoms with Crippen molar-refractivity contribution in [2.24, 2.45) is 0 Å². The van der Waals surface area contributed by atoms with Crippen molar-refractivity contribution in [2.45, 2.75) is 0 Å². The molecular weight excluding hydrogens is 785 g/mol. The molecule has 0 unspecified atom stereocenters. The van der Waals surface area contributed by atoms with Gasteiger partial charge in [0.15, 0.2) is 25.5 Å². The zero-order valence-corrected chi connectivity index (χ0v) is 35.1. The van der Waals surface area contributed by atoms with Gasteiger partial charge in [-0.25, -0.2) is 15.0 Å². The second-order valence-electron chi connectivity index (χ2n) is 15.9. The van der Waals surface area contributed by atoms with E-state index < -0.39 is 8.07 Å². The molecule has 0 radical (unpaired) electrons. The minimum Gasteiger partial charge on any atom is -0.455 e. The Morgan fingerprint density at radius 1 is 0.349 bits per heavy atom. The summed E-state index contributed by atoms with van der Waals surface area (Å²) >= 11 is 0. The molecule has 0 aliphatic carbocycles. The fourth-order valence-electron chi connectivity index (χ4n) is 9.59. The van der Waals surface area contributed by atoms with Crippen LogP contribution in [0.25, 0.3) is 83.6 Å². The van der Waals surface area contributed by atoms with Gasteiger partial charge in [-0.3, -0.25) is 0 Å². The molecule has 0 atom stereocenters. The normalized spacial score (nSPS) is 11.8. The number of para-hydroxylation sites is 4. The largest absolute Gasteiger partial charge is 0.455 e. The van der Waals surface area contributed by atoms with Crippen molar-refractivity contribution in [3.8, 4) is 39.9 Å². The van der Waals surface area contributed by atoms with Crippen LogP contribution in [-0.4, -0.2) is 27.6 Å². The molecular formula is C57H38N4OSi. The van der Waals surface area contributed by atoms with Crippen molar-refractivity contribution >= 4 is 72.6 Å². The van der Waals surface area contributed by atoms with Crippen LogP contribution in [0.5, 0.6) is 0 Å². The van der Waals surface area contributed by atoms with Crippen LogP contribution >= 0.6 is 0 Å². The molecule has 0 fully saturated rings. The predicted molar refractivity (Wildman–Crippen MR) is 261 cm³/mol. The maximum atomic E-state index is 6.57. The summed E-state index contributed by atoms with van der Waals surface area (Å²) < 4.78 is 8.90. The first kappa shape index (κ1) is 36.6. The van der Waals surface area contributed by atoms with Crippen LogP contribution in [0.2, 0.25) is 0 Å². The molecule has 12 rings (SSSR count). The molecule has 0 amide bonds. The lowest BCUT2D eigenvalue weighted by Gasteiger charge is -2.34. The van der Waals surface area contributed by atoms with Crippen LogP contribution in [0.4, 0.5) is 0 Å². The van der Waals surface area contributed by atoms with Gasteiger partial charge in [-0.2, -0.15) is 0 Å². The maximum absolute atomic E-state index is 6.57. The van der Waals surface area contributed by atoms with E-state index in [9.17, 15) is 0 Å². The number of hydrogen-bond acceptors (Lipinski definition) is 4. The van der Waals surface area contributed by atoms with Crippen molar-refractivity contribution in [1.82, 2.24) is 19.5 Å². The molecule has 3 aromatic heterocycles. The first-order valence-corrected chi connectivity index (χ1v) is 23.3. The van der Waals surface area contributed by atoms with E-state index in [0.29, 0.717) is 17.5 Å². The Balaban J connectivity index is 1.07. The van der Waals surface area contributed by atoms with E-state index in [0.717, 1.165) is 55.3 Å². The zero-order chi connectivity index (χ0) is 41.7. The SMILES string of the molecule is c1ccc([Si](c2ccccc2)(c2ccccc2)c2cccc(-c3nc(-c4ccc(-n5c6ccccc6c6ccccc65)cc4)nc(-c4cccc5c4oc4ccccc45)n3)c2)cc1. The second kappa shape index (κ2) is 15.1. The van der Waals surface area contributed by atoms with E-state index in [2.05, 4.69) is 211 Å². The highest BCUT2D eigenvalue weighted by molar-refractivity contribution is 7.19. The average molecular weight is 823 g/mol. The molecule has 0 saturated carbocycles. The Hall–Kier alpha value is -8.19. The molecule has 3 heterocycles. The third-order valence-corrected chi connectivity index (χ3v) is 17.2. The Morgan fingerprint density at radius 2 is 0.825 bits per heavy atom. The number of benzene rings is 9. The molecule has 0 aliphatic rings.